The van der Waals surface area contributed by atoms with Gasteiger partial charge in [-0.3, -0.25) is 9.69 Å². The molecule has 3 aromatic rings. The molecule has 4 heterocycles. The first-order valence-corrected chi connectivity index (χ1v) is 13.7. The highest BCUT2D eigenvalue weighted by Crippen LogP contribution is 2.34. The van der Waals surface area contributed by atoms with Gasteiger partial charge in [0.15, 0.2) is 0 Å². The Bertz CT molecular complexity index is 1230. The molecule has 1 amide bonds. The average Bonchev–Trinajstić information content (AvgIpc) is 3.61. The van der Waals surface area contributed by atoms with E-state index in [1.54, 1.807) is 17.6 Å². The molecule has 1 aromatic carbocycles. The van der Waals surface area contributed by atoms with Crippen molar-refractivity contribution in [1.82, 2.24) is 14.2 Å². The van der Waals surface area contributed by atoms with Crippen LogP contribution in [-0.4, -0.2) is 67.0 Å². The van der Waals surface area contributed by atoms with Crippen molar-refractivity contribution in [1.29, 1.82) is 0 Å². The fourth-order valence-electron chi connectivity index (χ4n) is 4.34. The predicted molar refractivity (Wildman–Crippen MR) is 131 cm³/mol. The number of hydrazone groups is 1. The highest BCUT2D eigenvalue weighted by molar-refractivity contribution is 7.88. The third-order valence-electron chi connectivity index (χ3n) is 6.12. The molecule has 5 rings (SSSR count). The summed E-state index contributed by atoms with van der Waals surface area (Å²) < 4.78 is 32.8. The smallest absolute Gasteiger partial charge is 0.257 e. The monoisotopic (exact) mass is 498 g/mol. The number of amides is 1. The van der Waals surface area contributed by atoms with E-state index >= 15 is 0 Å². The summed E-state index contributed by atoms with van der Waals surface area (Å²) in [5, 5.41) is 8.18. The average molecular weight is 499 g/mol. The van der Waals surface area contributed by atoms with E-state index in [-0.39, 0.29) is 24.2 Å². The van der Waals surface area contributed by atoms with E-state index in [2.05, 4.69) is 5.10 Å². The summed E-state index contributed by atoms with van der Waals surface area (Å²) in [5.74, 6) is 0.583. The summed E-state index contributed by atoms with van der Waals surface area (Å²) >= 11 is 1.60. The van der Waals surface area contributed by atoms with Gasteiger partial charge in [0.1, 0.15) is 11.8 Å². The van der Waals surface area contributed by atoms with Crippen LogP contribution in [0.25, 0.3) is 0 Å². The van der Waals surface area contributed by atoms with Crippen molar-refractivity contribution in [2.24, 2.45) is 5.10 Å². The van der Waals surface area contributed by atoms with Gasteiger partial charge in [-0.2, -0.15) is 9.41 Å². The van der Waals surface area contributed by atoms with Crippen molar-refractivity contribution in [3.8, 4) is 0 Å². The fraction of sp³-hybridized carbons (Fsp3) is 0.333. The Hall–Kier alpha value is -2.79. The van der Waals surface area contributed by atoms with Crippen molar-refractivity contribution in [2.45, 2.75) is 18.2 Å². The Kier molecular flexibility index (Phi) is 6.64. The molecule has 0 N–H and O–H groups in total. The zero-order chi connectivity index (χ0) is 23.5. The molecule has 34 heavy (non-hydrogen) atoms. The molecule has 178 valence electrons. The van der Waals surface area contributed by atoms with Crippen LogP contribution in [0.2, 0.25) is 0 Å². The summed E-state index contributed by atoms with van der Waals surface area (Å²) in [4.78, 5) is 16.3. The lowest BCUT2D eigenvalue weighted by molar-refractivity contribution is -0.134. The number of carbonyl (C=O) groups is 1. The maximum Gasteiger partial charge on any atom is 0.257 e. The molecule has 0 spiro atoms. The van der Waals surface area contributed by atoms with Crippen LogP contribution in [0.15, 0.2) is 75.8 Å². The third-order valence-corrected chi connectivity index (χ3v) is 8.89. The predicted octanol–water partition coefficient (Wildman–Crippen LogP) is 3.17. The highest BCUT2D eigenvalue weighted by atomic mass is 32.2. The van der Waals surface area contributed by atoms with E-state index in [9.17, 15) is 13.2 Å². The van der Waals surface area contributed by atoms with Crippen LogP contribution in [0.3, 0.4) is 0 Å². The molecule has 2 aromatic heterocycles. The van der Waals surface area contributed by atoms with Crippen LogP contribution in [0, 0.1) is 0 Å². The maximum atomic E-state index is 13.3. The number of benzene rings is 1. The largest absolute Gasteiger partial charge is 0.467 e. The standard InChI is InChI=1S/C24H26N4O4S2/c29-24(28-21(22-8-4-14-32-22)16-20(25-28)23-9-5-15-33-23)17-26-10-12-27(13-11-26)34(30,31)18-19-6-2-1-3-7-19/h1-9,14-15,21H,10-13,16-18H2/t21-/m0/s1. The van der Waals surface area contributed by atoms with E-state index in [1.165, 1.54) is 9.31 Å². The van der Waals surface area contributed by atoms with Gasteiger partial charge in [-0.05, 0) is 29.1 Å². The normalized spacial score (nSPS) is 19.9. The van der Waals surface area contributed by atoms with Crippen LogP contribution in [0.5, 0.6) is 0 Å². The lowest BCUT2D eigenvalue weighted by Crippen LogP contribution is -2.51. The number of carbonyl (C=O) groups excluding carboxylic acids is 1. The zero-order valence-electron chi connectivity index (χ0n) is 18.6. The fourth-order valence-corrected chi connectivity index (χ4v) is 6.58. The van der Waals surface area contributed by atoms with Crippen molar-refractivity contribution >= 4 is 33.0 Å². The van der Waals surface area contributed by atoms with E-state index < -0.39 is 10.0 Å². The Balaban J connectivity index is 1.22. The minimum absolute atomic E-state index is 0.00835. The van der Waals surface area contributed by atoms with Gasteiger partial charge in [0, 0.05) is 32.6 Å². The molecule has 2 aliphatic heterocycles. The molecule has 2 aliphatic rings. The minimum atomic E-state index is -3.40. The molecule has 1 saturated heterocycles. The number of nitrogens with zero attached hydrogens (tertiary/aromatic N) is 4. The van der Waals surface area contributed by atoms with E-state index in [4.69, 9.17) is 4.42 Å². The number of hydrogen-bond donors (Lipinski definition) is 0. The number of thiophene rings is 1. The van der Waals surface area contributed by atoms with E-state index in [1.807, 2.05) is 64.9 Å². The summed E-state index contributed by atoms with van der Waals surface area (Å²) in [5.41, 5.74) is 1.65. The van der Waals surface area contributed by atoms with Crippen LogP contribution in [0.4, 0.5) is 0 Å². The van der Waals surface area contributed by atoms with Gasteiger partial charge >= 0.3 is 0 Å². The maximum absolute atomic E-state index is 13.3. The summed E-state index contributed by atoms with van der Waals surface area (Å²) in [6.07, 6.45) is 2.21. The molecule has 1 fully saturated rings. The van der Waals surface area contributed by atoms with Crippen molar-refractivity contribution in [2.75, 3.05) is 32.7 Å². The molecule has 0 unspecified atom stereocenters. The lowest BCUT2D eigenvalue weighted by Gasteiger charge is -2.34. The second-order valence-corrected chi connectivity index (χ2v) is 11.3. The van der Waals surface area contributed by atoms with Crippen LogP contribution < -0.4 is 0 Å². The van der Waals surface area contributed by atoms with Crippen LogP contribution in [-0.2, 0) is 20.6 Å². The SMILES string of the molecule is O=C(CN1CCN(S(=O)(=O)Cc2ccccc2)CC1)N1N=C(c2cccs2)C[C@H]1c1ccco1. The molecule has 0 aliphatic carbocycles. The van der Waals surface area contributed by atoms with Gasteiger partial charge in [0.05, 0.1) is 29.1 Å². The highest BCUT2D eigenvalue weighted by Gasteiger charge is 2.36. The lowest BCUT2D eigenvalue weighted by atomic mass is 10.1. The van der Waals surface area contributed by atoms with Crippen molar-refractivity contribution in [3.63, 3.8) is 0 Å². The Morgan fingerprint density at radius 1 is 1.03 bits per heavy atom. The van der Waals surface area contributed by atoms with Gasteiger partial charge in [0.25, 0.3) is 5.91 Å². The molecule has 10 heteroatoms. The Labute approximate surface area is 203 Å². The molecule has 0 radical (unpaired) electrons. The molecular weight excluding hydrogens is 472 g/mol. The number of sulfonamides is 1. The first kappa shape index (κ1) is 23.0. The van der Waals surface area contributed by atoms with Crippen molar-refractivity contribution < 1.29 is 17.6 Å². The van der Waals surface area contributed by atoms with Crippen LogP contribution in [0.1, 0.15) is 28.7 Å². The zero-order valence-corrected chi connectivity index (χ0v) is 20.2. The number of piperazine rings is 1. The van der Waals surface area contributed by atoms with Gasteiger partial charge in [0.2, 0.25) is 10.0 Å². The summed E-state index contributed by atoms with van der Waals surface area (Å²) in [6, 6.07) is 16.6. The number of hydrogen-bond acceptors (Lipinski definition) is 7. The quantitative estimate of drug-likeness (QED) is 0.500. The summed E-state index contributed by atoms with van der Waals surface area (Å²) in [6.45, 7) is 1.92. The third kappa shape index (κ3) is 5.00. The van der Waals surface area contributed by atoms with E-state index in [0.29, 0.717) is 38.4 Å². The first-order valence-electron chi connectivity index (χ1n) is 11.2. The Morgan fingerprint density at radius 2 is 1.82 bits per heavy atom. The van der Waals surface area contributed by atoms with Gasteiger partial charge < -0.3 is 4.42 Å². The van der Waals surface area contributed by atoms with Crippen LogP contribution >= 0.6 is 11.3 Å². The topological polar surface area (TPSA) is 86.4 Å². The molecular formula is C24H26N4O4S2. The van der Waals surface area contributed by atoms with Gasteiger partial charge in [-0.25, -0.2) is 13.4 Å². The van der Waals surface area contributed by atoms with Gasteiger partial charge in [-0.15, -0.1) is 11.3 Å². The Morgan fingerprint density at radius 3 is 2.50 bits per heavy atom. The number of furan rings is 1. The molecule has 1 atom stereocenters. The molecule has 0 bridgehead atoms. The van der Waals surface area contributed by atoms with E-state index in [0.717, 1.165) is 16.2 Å². The van der Waals surface area contributed by atoms with Crippen molar-refractivity contribution in [3.05, 3.63) is 82.4 Å². The van der Waals surface area contributed by atoms with Gasteiger partial charge in [-0.1, -0.05) is 36.4 Å². The molecule has 0 saturated carbocycles. The number of rotatable bonds is 7. The first-order chi connectivity index (χ1) is 16.5. The summed E-state index contributed by atoms with van der Waals surface area (Å²) in [7, 11) is -3.40. The second-order valence-electron chi connectivity index (χ2n) is 8.41. The minimum Gasteiger partial charge on any atom is -0.467 e. The second kappa shape index (κ2) is 9.83. The molecule has 8 nitrogen and oxygen atoms in total.